The number of phosphoric acid groups is 1. The van der Waals surface area contributed by atoms with Gasteiger partial charge in [-0.25, -0.2) is 0 Å². The zero-order valence-corrected chi connectivity index (χ0v) is 37.8. The van der Waals surface area contributed by atoms with Crippen LogP contribution in [0.1, 0.15) is 142 Å². The molecule has 0 spiro atoms. The molecule has 0 N–H and O–H groups in total. The lowest BCUT2D eigenvalue weighted by molar-refractivity contribution is -0.870. The Balaban J connectivity index is 4.57. The number of likely N-dealkylation sites (N-methyl/N-ethyl adjacent to an activating group) is 1. The first-order valence-corrected chi connectivity index (χ1v) is 23.4. The fraction of sp³-hybridized carbons (Fsp3) is 0.625. The van der Waals surface area contributed by atoms with Gasteiger partial charge in [0.25, 0.3) is 7.82 Å². The van der Waals surface area contributed by atoms with Crippen LogP contribution in [0.25, 0.3) is 0 Å². The number of allylic oxidation sites excluding steroid dienone is 16. The number of unbranched alkanes of at least 4 members (excludes halogenated alkanes) is 8. The molecule has 0 aliphatic carbocycles. The molecule has 58 heavy (non-hydrogen) atoms. The summed E-state index contributed by atoms with van der Waals surface area (Å²) in [6, 6.07) is 0. The number of quaternary nitrogens is 1. The van der Waals surface area contributed by atoms with Crippen LogP contribution in [0.15, 0.2) is 97.2 Å². The van der Waals surface area contributed by atoms with Gasteiger partial charge in [-0.2, -0.15) is 0 Å². The number of hydrogen-bond acceptors (Lipinski definition) is 8. The molecule has 0 bridgehead atoms. The van der Waals surface area contributed by atoms with Crippen LogP contribution >= 0.6 is 7.82 Å². The Labute approximate surface area is 353 Å². The third-order valence-electron chi connectivity index (χ3n) is 8.59. The van der Waals surface area contributed by atoms with E-state index in [0.717, 1.165) is 57.8 Å². The van der Waals surface area contributed by atoms with Crippen LogP contribution in [0.2, 0.25) is 0 Å². The van der Waals surface area contributed by atoms with Crippen molar-refractivity contribution < 1.29 is 42.1 Å². The maximum absolute atomic E-state index is 12.6. The molecular weight excluding hydrogens is 750 g/mol. The first-order chi connectivity index (χ1) is 28.0. The standard InChI is InChI=1S/C48H80NO8P/c1-6-8-10-12-14-16-18-20-22-23-24-25-27-28-30-32-34-36-38-40-47(50)54-44-46(45-56-58(52,53)55-43-42-49(3,4)5)57-48(51)41-39-37-35-33-31-29-26-21-19-17-15-13-11-9-7-2/h14-17,20-22,24-26,28,30-31,33-34,36,46H,6-13,18-19,23,27,29,32,35,37-45H2,1-5H3/b16-14+,17-15+,22-20+,25-24+,26-21+,30-28+,33-31+,36-34+/t46-/m1/s1. The maximum atomic E-state index is 12.6. The summed E-state index contributed by atoms with van der Waals surface area (Å²) < 4.78 is 33.7. The molecule has 0 saturated heterocycles. The van der Waals surface area contributed by atoms with E-state index in [0.29, 0.717) is 23.9 Å². The molecule has 1 unspecified atom stereocenters. The third kappa shape index (κ3) is 42.5. The van der Waals surface area contributed by atoms with Gasteiger partial charge in [0.2, 0.25) is 0 Å². The number of carbonyl (C=O) groups excluding carboxylic acids is 2. The van der Waals surface area contributed by atoms with Gasteiger partial charge in [-0.3, -0.25) is 14.2 Å². The molecule has 10 heteroatoms. The van der Waals surface area contributed by atoms with Gasteiger partial charge in [-0.1, -0.05) is 137 Å². The average Bonchev–Trinajstić information content (AvgIpc) is 3.17. The maximum Gasteiger partial charge on any atom is 0.306 e. The Morgan fingerprint density at radius 2 is 0.948 bits per heavy atom. The van der Waals surface area contributed by atoms with E-state index in [9.17, 15) is 19.0 Å². The number of ether oxygens (including phenoxy) is 2. The van der Waals surface area contributed by atoms with Crippen molar-refractivity contribution in [3.05, 3.63) is 97.2 Å². The minimum Gasteiger partial charge on any atom is -0.756 e. The summed E-state index contributed by atoms with van der Waals surface area (Å²) in [5, 5.41) is 0. The molecule has 330 valence electrons. The molecule has 9 nitrogen and oxygen atoms in total. The topological polar surface area (TPSA) is 111 Å². The van der Waals surface area contributed by atoms with Crippen molar-refractivity contribution in [2.75, 3.05) is 47.5 Å². The minimum atomic E-state index is -4.66. The third-order valence-corrected chi connectivity index (χ3v) is 9.55. The summed E-state index contributed by atoms with van der Waals surface area (Å²) in [7, 11) is 1.08. The second-order valence-corrected chi connectivity index (χ2v) is 16.8. The summed E-state index contributed by atoms with van der Waals surface area (Å²) >= 11 is 0. The number of hydrogen-bond donors (Lipinski definition) is 0. The van der Waals surface area contributed by atoms with Crippen molar-refractivity contribution in [3.63, 3.8) is 0 Å². The lowest BCUT2D eigenvalue weighted by Crippen LogP contribution is -2.37. The number of phosphoric ester groups is 1. The first-order valence-electron chi connectivity index (χ1n) is 21.9. The Morgan fingerprint density at radius 1 is 0.534 bits per heavy atom. The highest BCUT2D eigenvalue weighted by Crippen LogP contribution is 2.38. The fourth-order valence-corrected chi connectivity index (χ4v) is 5.84. The molecular formula is C48H80NO8P. The van der Waals surface area contributed by atoms with Crippen LogP contribution in [-0.4, -0.2) is 70.0 Å². The van der Waals surface area contributed by atoms with E-state index in [1.54, 1.807) is 0 Å². The van der Waals surface area contributed by atoms with Crippen LogP contribution in [0, 0.1) is 0 Å². The predicted molar refractivity (Wildman–Crippen MR) is 240 cm³/mol. The van der Waals surface area contributed by atoms with Gasteiger partial charge in [-0.15, -0.1) is 0 Å². The van der Waals surface area contributed by atoms with Gasteiger partial charge >= 0.3 is 11.9 Å². The Kier molecular flexibility index (Phi) is 37.3. The van der Waals surface area contributed by atoms with Crippen LogP contribution < -0.4 is 4.89 Å². The molecule has 0 fully saturated rings. The monoisotopic (exact) mass is 830 g/mol. The van der Waals surface area contributed by atoms with Crippen LogP contribution in [0.4, 0.5) is 0 Å². The summed E-state index contributed by atoms with van der Waals surface area (Å²) in [5.41, 5.74) is 0. The molecule has 0 aromatic rings. The van der Waals surface area contributed by atoms with Gasteiger partial charge in [0.1, 0.15) is 19.8 Å². The minimum absolute atomic E-state index is 0.0546. The van der Waals surface area contributed by atoms with E-state index in [2.05, 4.69) is 98.9 Å². The van der Waals surface area contributed by atoms with Crippen molar-refractivity contribution in [2.45, 2.75) is 148 Å². The van der Waals surface area contributed by atoms with Crippen molar-refractivity contribution >= 4 is 19.8 Å². The summed E-state index contributed by atoms with van der Waals surface area (Å²) in [6.07, 6.45) is 51.7. The van der Waals surface area contributed by atoms with Gasteiger partial charge in [0, 0.05) is 12.8 Å². The smallest absolute Gasteiger partial charge is 0.306 e. The van der Waals surface area contributed by atoms with E-state index in [-0.39, 0.29) is 26.1 Å². The molecule has 0 amide bonds. The zero-order chi connectivity index (χ0) is 42.8. The van der Waals surface area contributed by atoms with Crippen molar-refractivity contribution in [1.29, 1.82) is 0 Å². The molecule has 0 aliphatic rings. The molecule has 0 heterocycles. The Hall–Kier alpha value is -3.07. The van der Waals surface area contributed by atoms with Gasteiger partial charge in [0.15, 0.2) is 6.10 Å². The molecule has 2 atom stereocenters. The number of rotatable bonds is 38. The van der Waals surface area contributed by atoms with Crippen molar-refractivity contribution in [2.24, 2.45) is 0 Å². The van der Waals surface area contributed by atoms with E-state index in [1.165, 1.54) is 44.9 Å². The Bertz CT molecular complexity index is 1300. The lowest BCUT2D eigenvalue weighted by atomic mass is 10.1. The Morgan fingerprint density at radius 3 is 1.38 bits per heavy atom. The van der Waals surface area contributed by atoms with Crippen LogP contribution in [0.5, 0.6) is 0 Å². The second-order valence-electron chi connectivity index (χ2n) is 15.3. The molecule has 0 aromatic heterocycles. The summed E-state index contributed by atoms with van der Waals surface area (Å²) in [5.74, 6) is -0.987. The highest BCUT2D eigenvalue weighted by molar-refractivity contribution is 7.45. The molecule has 0 radical (unpaired) electrons. The predicted octanol–water partition coefficient (Wildman–Crippen LogP) is 11.9. The number of nitrogens with zero attached hydrogens (tertiary/aromatic N) is 1. The van der Waals surface area contributed by atoms with Crippen LogP contribution in [0.3, 0.4) is 0 Å². The normalized spacial score (nSPS) is 14.5. The highest BCUT2D eigenvalue weighted by atomic mass is 31.2. The van der Waals surface area contributed by atoms with Crippen LogP contribution in [-0.2, 0) is 32.7 Å². The summed E-state index contributed by atoms with van der Waals surface area (Å²) in [6.45, 7) is 4.01. The average molecular weight is 830 g/mol. The van der Waals surface area contributed by atoms with E-state index >= 15 is 0 Å². The fourth-order valence-electron chi connectivity index (χ4n) is 5.11. The van der Waals surface area contributed by atoms with Gasteiger partial charge < -0.3 is 27.9 Å². The number of esters is 2. The second kappa shape index (κ2) is 39.4. The van der Waals surface area contributed by atoms with Gasteiger partial charge in [0.05, 0.1) is 27.7 Å². The summed E-state index contributed by atoms with van der Waals surface area (Å²) in [4.78, 5) is 37.5. The first kappa shape index (κ1) is 54.9. The van der Waals surface area contributed by atoms with E-state index < -0.39 is 32.5 Å². The number of carbonyl (C=O) groups is 2. The quantitative estimate of drug-likeness (QED) is 0.0199. The van der Waals surface area contributed by atoms with Crippen molar-refractivity contribution in [1.82, 2.24) is 0 Å². The molecule has 0 saturated carbocycles. The molecule has 0 rings (SSSR count). The van der Waals surface area contributed by atoms with Gasteiger partial charge in [-0.05, 0) is 89.9 Å². The lowest BCUT2D eigenvalue weighted by Gasteiger charge is -2.28. The SMILES string of the molecule is CCCCC/C=C/C/C=C/C/C=C/C/C=C/C/C=C/CCC(=O)OC[C@H](COP(=O)([O-])OCC[N+](C)(C)C)OC(=O)CCCC/C=C/C/C=C/C/C=C/CCCCC. The van der Waals surface area contributed by atoms with Crippen molar-refractivity contribution in [3.8, 4) is 0 Å². The largest absolute Gasteiger partial charge is 0.756 e. The highest BCUT2D eigenvalue weighted by Gasteiger charge is 2.21. The molecule has 0 aliphatic heterocycles. The zero-order valence-electron chi connectivity index (χ0n) is 36.9. The van der Waals surface area contributed by atoms with E-state index in [4.69, 9.17) is 18.5 Å². The molecule has 0 aromatic carbocycles. The van der Waals surface area contributed by atoms with E-state index in [1.807, 2.05) is 33.3 Å².